The molecule has 0 aliphatic rings. The van der Waals surface area contributed by atoms with Gasteiger partial charge in [0.2, 0.25) is 5.91 Å². The summed E-state index contributed by atoms with van der Waals surface area (Å²) in [6.45, 7) is 4.12. The van der Waals surface area contributed by atoms with Crippen LogP contribution >= 0.6 is 0 Å². The Bertz CT molecular complexity index is 527. The lowest BCUT2D eigenvalue weighted by molar-refractivity contribution is -0.123. The zero-order chi connectivity index (χ0) is 25.1. The fourth-order valence-corrected chi connectivity index (χ4v) is 3.84. The predicted octanol–water partition coefficient (Wildman–Crippen LogP) is 7.55. The molecule has 198 valence electrons. The van der Waals surface area contributed by atoms with E-state index >= 15 is 0 Å². The smallest absolute Gasteiger partial charge is 0.220 e. The SMILES string of the molecule is CCCC/C=C/C(O)C(CO)NC(=O)CCCCCCCCC/C=C\C/C=C\CCCCCC. The highest BCUT2D eigenvalue weighted by atomic mass is 16.3. The summed E-state index contributed by atoms with van der Waals surface area (Å²) in [6.07, 6.45) is 32.5. The zero-order valence-electron chi connectivity index (χ0n) is 22.4. The fourth-order valence-electron chi connectivity index (χ4n) is 3.84. The first-order chi connectivity index (χ1) is 16.7. The van der Waals surface area contributed by atoms with Crippen LogP contribution < -0.4 is 5.32 Å². The number of unbranched alkanes of at least 4 members (excludes halogenated alkanes) is 13. The van der Waals surface area contributed by atoms with Crippen LogP contribution in [0.4, 0.5) is 0 Å². The van der Waals surface area contributed by atoms with Crippen LogP contribution in [-0.2, 0) is 4.79 Å². The minimum absolute atomic E-state index is 0.0850. The number of carbonyl (C=O) groups is 1. The van der Waals surface area contributed by atoms with Crippen LogP contribution in [0.15, 0.2) is 36.5 Å². The minimum Gasteiger partial charge on any atom is -0.394 e. The first kappa shape index (κ1) is 32.6. The van der Waals surface area contributed by atoms with Gasteiger partial charge in [-0.25, -0.2) is 0 Å². The Balaban J connectivity index is 3.58. The molecule has 2 atom stereocenters. The van der Waals surface area contributed by atoms with Crippen molar-refractivity contribution in [2.75, 3.05) is 6.61 Å². The van der Waals surface area contributed by atoms with Gasteiger partial charge in [0.1, 0.15) is 0 Å². The molecule has 1 amide bonds. The molecule has 0 aromatic rings. The highest BCUT2D eigenvalue weighted by Crippen LogP contribution is 2.11. The van der Waals surface area contributed by atoms with Crippen LogP contribution in [0, 0.1) is 0 Å². The second-order valence-corrected chi connectivity index (χ2v) is 9.46. The Labute approximate surface area is 211 Å². The number of allylic oxidation sites excluding steroid dienone is 5. The molecule has 0 heterocycles. The van der Waals surface area contributed by atoms with E-state index in [1.807, 2.05) is 6.08 Å². The van der Waals surface area contributed by atoms with E-state index in [0.29, 0.717) is 6.42 Å². The van der Waals surface area contributed by atoms with Gasteiger partial charge in [0.05, 0.1) is 18.8 Å². The van der Waals surface area contributed by atoms with Gasteiger partial charge in [-0.3, -0.25) is 4.79 Å². The van der Waals surface area contributed by atoms with Gasteiger partial charge in [-0.15, -0.1) is 0 Å². The summed E-state index contributed by atoms with van der Waals surface area (Å²) >= 11 is 0. The summed E-state index contributed by atoms with van der Waals surface area (Å²) in [6, 6.07) is -0.619. The largest absolute Gasteiger partial charge is 0.394 e. The number of hydrogen-bond acceptors (Lipinski definition) is 3. The van der Waals surface area contributed by atoms with Crippen LogP contribution in [0.25, 0.3) is 0 Å². The average molecular weight is 478 g/mol. The van der Waals surface area contributed by atoms with Crippen molar-refractivity contribution >= 4 is 5.91 Å². The molecule has 0 fully saturated rings. The lowest BCUT2D eigenvalue weighted by atomic mass is 10.1. The lowest BCUT2D eigenvalue weighted by Gasteiger charge is -2.19. The van der Waals surface area contributed by atoms with Crippen molar-refractivity contribution in [3.8, 4) is 0 Å². The van der Waals surface area contributed by atoms with Crippen molar-refractivity contribution in [1.82, 2.24) is 5.32 Å². The van der Waals surface area contributed by atoms with Crippen LogP contribution in [-0.4, -0.2) is 34.9 Å². The van der Waals surface area contributed by atoms with E-state index < -0.39 is 12.1 Å². The molecule has 0 spiro atoms. The van der Waals surface area contributed by atoms with Gasteiger partial charge in [-0.1, -0.05) is 115 Å². The second-order valence-electron chi connectivity index (χ2n) is 9.46. The Morgan fingerprint density at radius 3 is 1.82 bits per heavy atom. The number of aliphatic hydroxyl groups is 2. The molecule has 0 rings (SSSR count). The fraction of sp³-hybridized carbons (Fsp3) is 0.767. The Morgan fingerprint density at radius 2 is 1.24 bits per heavy atom. The van der Waals surface area contributed by atoms with Crippen LogP contribution in [0.5, 0.6) is 0 Å². The van der Waals surface area contributed by atoms with E-state index in [4.69, 9.17) is 0 Å². The molecule has 2 unspecified atom stereocenters. The van der Waals surface area contributed by atoms with Crippen molar-refractivity contribution in [2.24, 2.45) is 0 Å². The zero-order valence-corrected chi connectivity index (χ0v) is 22.4. The third kappa shape index (κ3) is 22.4. The highest BCUT2D eigenvalue weighted by Gasteiger charge is 2.17. The van der Waals surface area contributed by atoms with Crippen LogP contribution in [0.2, 0.25) is 0 Å². The number of carbonyl (C=O) groups excluding carboxylic acids is 1. The van der Waals surface area contributed by atoms with Gasteiger partial charge in [0, 0.05) is 6.42 Å². The van der Waals surface area contributed by atoms with Gasteiger partial charge in [-0.2, -0.15) is 0 Å². The first-order valence-electron chi connectivity index (χ1n) is 14.2. The second kappa shape index (κ2) is 26.2. The van der Waals surface area contributed by atoms with E-state index in [0.717, 1.165) is 38.5 Å². The molecule has 34 heavy (non-hydrogen) atoms. The van der Waals surface area contributed by atoms with Crippen molar-refractivity contribution in [1.29, 1.82) is 0 Å². The molecule has 0 saturated carbocycles. The Morgan fingerprint density at radius 1 is 0.706 bits per heavy atom. The monoisotopic (exact) mass is 477 g/mol. The molecular weight excluding hydrogens is 422 g/mol. The minimum atomic E-state index is -0.836. The molecule has 0 aromatic carbocycles. The van der Waals surface area contributed by atoms with E-state index in [-0.39, 0.29) is 12.5 Å². The third-order valence-corrected chi connectivity index (χ3v) is 6.12. The molecule has 0 aromatic heterocycles. The first-order valence-corrected chi connectivity index (χ1v) is 14.2. The summed E-state index contributed by atoms with van der Waals surface area (Å²) in [5.41, 5.74) is 0. The number of aliphatic hydroxyl groups excluding tert-OH is 2. The maximum atomic E-state index is 12.1. The van der Waals surface area contributed by atoms with Crippen molar-refractivity contribution < 1.29 is 15.0 Å². The van der Waals surface area contributed by atoms with E-state index in [1.54, 1.807) is 6.08 Å². The van der Waals surface area contributed by atoms with Gasteiger partial charge >= 0.3 is 0 Å². The molecule has 4 heteroatoms. The predicted molar refractivity (Wildman–Crippen MR) is 147 cm³/mol. The van der Waals surface area contributed by atoms with Crippen LogP contribution in [0.1, 0.15) is 129 Å². The van der Waals surface area contributed by atoms with Crippen molar-refractivity contribution in [2.45, 2.75) is 142 Å². The normalized spacial score (nSPS) is 13.9. The summed E-state index contributed by atoms with van der Waals surface area (Å²) in [7, 11) is 0. The average Bonchev–Trinajstić information content (AvgIpc) is 2.84. The standard InChI is InChI=1S/C30H55NO3/c1-3-5-7-9-10-11-12-13-14-15-16-17-18-19-20-21-22-24-26-30(34)31-28(27-32)29(33)25-23-8-6-4-2/h11-12,14-15,23,25,28-29,32-33H,3-10,13,16-22,24,26-27H2,1-2H3,(H,31,34)/b12-11-,15-14-,25-23+. The topological polar surface area (TPSA) is 69.6 Å². The molecule has 0 saturated heterocycles. The highest BCUT2D eigenvalue weighted by molar-refractivity contribution is 5.76. The number of amides is 1. The number of rotatable bonds is 24. The summed E-state index contributed by atoms with van der Waals surface area (Å²) in [4.78, 5) is 12.1. The van der Waals surface area contributed by atoms with Gasteiger partial charge < -0.3 is 15.5 Å². The molecule has 0 aliphatic carbocycles. The van der Waals surface area contributed by atoms with Crippen molar-refractivity contribution in [3.63, 3.8) is 0 Å². The maximum Gasteiger partial charge on any atom is 0.220 e. The number of hydrogen-bond donors (Lipinski definition) is 3. The maximum absolute atomic E-state index is 12.1. The molecular formula is C30H55NO3. The number of nitrogens with one attached hydrogen (secondary N) is 1. The van der Waals surface area contributed by atoms with E-state index in [1.165, 1.54) is 70.6 Å². The summed E-state index contributed by atoms with van der Waals surface area (Å²) in [5.74, 6) is -0.0850. The Hall–Kier alpha value is -1.39. The quantitative estimate of drug-likeness (QED) is 0.0992. The molecule has 0 aliphatic heterocycles. The van der Waals surface area contributed by atoms with Gasteiger partial charge in [0.25, 0.3) is 0 Å². The van der Waals surface area contributed by atoms with E-state index in [2.05, 4.69) is 43.5 Å². The Kier molecular flexibility index (Phi) is 25.1. The summed E-state index contributed by atoms with van der Waals surface area (Å²) in [5, 5.41) is 22.3. The molecule has 3 N–H and O–H groups in total. The lowest BCUT2D eigenvalue weighted by Crippen LogP contribution is -2.45. The van der Waals surface area contributed by atoms with Crippen molar-refractivity contribution in [3.05, 3.63) is 36.5 Å². The third-order valence-electron chi connectivity index (χ3n) is 6.12. The van der Waals surface area contributed by atoms with Crippen LogP contribution in [0.3, 0.4) is 0 Å². The molecule has 0 radical (unpaired) electrons. The molecule has 0 bridgehead atoms. The molecule has 4 nitrogen and oxygen atoms in total. The van der Waals surface area contributed by atoms with Gasteiger partial charge in [-0.05, 0) is 44.9 Å². The summed E-state index contributed by atoms with van der Waals surface area (Å²) < 4.78 is 0. The van der Waals surface area contributed by atoms with Gasteiger partial charge in [0.15, 0.2) is 0 Å². The van der Waals surface area contributed by atoms with E-state index in [9.17, 15) is 15.0 Å².